The van der Waals surface area contributed by atoms with Gasteiger partial charge in [-0.1, -0.05) is 36.6 Å². The number of nitrogens with zero attached hydrogens (tertiary/aromatic N) is 3. The average Bonchev–Trinajstić information content (AvgIpc) is 3.15. The maximum absolute atomic E-state index is 14.0. The Morgan fingerprint density at radius 2 is 1.66 bits per heavy atom. The van der Waals surface area contributed by atoms with Gasteiger partial charge in [0.1, 0.15) is 10.5 Å². The van der Waals surface area contributed by atoms with Crippen LogP contribution in [0.2, 0.25) is 0 Å². The van der Waals surface area contributed by atoms with Crippen molar-refractivity contribution in [2.75, 3.05) is 0 Å². The summed E-state index contributed by atoms with van der Waals surface area (Å²) in [7, 11) is -4.27. The first-order valence-electron chi connectivity index (χ1n) is 12.4. The van der Waals surface area contributed by atoms with Crippen LogP contribution < -0.4 is 4.18 Å². The van der Waals surface area contributed by atoms with Crippen molar-refractivity contribution in [1.82, 2.24) is 9.78 Å². The molecule has 0 saturated heterocycles. The van der Waals surface area contributed by atoms with Crippen molar-refractivity contribution in [3.63, 3.8) is 0 Å². The lowest BCUT2D eigenvalue weighted by Crippen LogP contribution is -2.16. The Balaban J connectivity index is 2.22. The van der Waals surface area contributed by atoms with Gasteiger partial charge in [-0.05, 0) is 77.3 Å². The quantitative estimate of drug-likeness (QED) is 0.128. The summed E-state index contributed by atoms with van der Waals surface area (Å²) in [4.78, 5) is 25.2. The van der Waals surface area contributed by atoms with Gasteiger partial charge in [0.2, 0.25) is 11.7 Å². The minimum absolute atomic E-state index is 0.00884. The maximum Gasteiger partial charge on any atom is 0.340 e. The molecule has 0 N–H and O–H groups in total. The van der Waals surface area contributed by atoms with Gasteiger partial charge >= 0.3 is 10.1 Å². The Labute approximate surface area is 223 Å². The Hall–Kier alpha value is -3.79. The lowest BCUT2D eigenvalue weighted by atomic mass is 9.90. The maximum atomic E-state index is 14.0. The summed E-state index contributed by atoms with van der Waals surface area (Å²) in [6.07, 6.45) is 1.51. The number of aryl methyl sites for hydroxylation is 3. The Morgan fingerprint density at radius 1 is 1.03 bits per heavy atom. The summed E-state index contributed by atoms with van der Waals surface area (Å²) in [5, 5.41) is 16.2. The highest BCUT2D eigenvalue weighted by Crippen LogP contribution is 2.36. The van der Waals surface area contributed by atoms with E-state index < -0.39 is 20.8 Å². The SMILES string of the molecule is CCCCn1nc(C)c(C(=O)c2ccc([N+](=O)[O-])c(C(C)=C(C)C)c2C)c1OS(=O)(=O)c1ccc(C)cc1. The number of nitro groups is 1. The van der Waals surface area contributed by atoms with Crippen molar-refractivity contribution < 1.29 is 22.3 Å². The number of carbonyl (C=O) groups excluding carboxylic acids is 1. The van der Waals surface area contributed by atoms with Crippen molar-refractivity contribution in [2.24, 2.45) is 0 Å². The first kappa shape index (κ1) is 28.8. The zero-order chi connectivity index (χ0) is 28.4. The highest BCUT2D eigenvalue weighted by Gasteiger charge is 2.31. The minimum atomic E-state index is -4.27. The zero-order valence-corrected chi connectivity index (χ0v) is 23.6. The number of rotatable bonds is 10. The highest BCUT2D eigenvalue weighted by molar-refractivity contribution is 7.87. The average molecular weight is 540 g/mol. The van der Waals surface area contributed by atoms with Gasteiger partial charge in [-0.15, -0.1) is 0 Å². The Bertz CT molecular complexity index is 1530. The lowest BCUT2D eigenvalue weighted by Gasteiger charge is -2.14. The largest absolute Gasteiger partial charge is 0.358 e. The van der Waals surface area contributed by atoms with E-state index in [0.717, 1.165) is 17.6 Å². The standard InChI is InChI=1S/C28H33N3O6S/c1-8-9-16-30-28(37-38(35,36)22-12-10-18(4)11-13-22)26(21(7)29-30)27(32)23-14-15-24(31(33)34)25(20(23)6)19(5)17(2)3/h10-15H,8-9,16H2,1-7H3. The molecule has 0 aliphatic rings. The summed E-state index contributed by atoms with van der Waals surface area (Å²) in [6, 6.07) is 8.92. The fourth-order valence-corrected chi connectivity index (χ4v) is 5.12. The Morgan fingerprint density at radius 3 is 2.21 bits per heavy atom. The van der Waals surface area contributed by atoms with E-state index in [0.29, 0.717) is 35.4 Å². The van der Waals surface area contributed by atoms with Crippen LogP contribution in [-0.4, -0.2) is 28.9 Å². The van der Waals surface area contributed by atoms with E-state index in [1.54, 1.807) is 32.9 Å². The van der Waals surface area contributed by atoms with Gasteiger partial charge in [0.15, 0.2) is 0 Å². The number of carbonyl (C=O) groups is 1. The summed E-state index contributed by atoms with van der Waals surface area (Å²) in [5.74, 6) is -0.686. The molecule has 0 saturated carbocycles. The topological polar surface area (TPSA) is 121 Å². The number of nitro benzene ring substituents is 1. The van der Waals surface area contributed by atoms with Crippen LogP contribution in [0.4, 0.5) is 5.69 Å². The van der Waals surface area contributed by atoms with Crippen molar-refractivity contribution in [1.29, 1.82) is 0 Å². The molecule has 3 rings (SSSR count). The Kier molecular flexibility index (Phi) is 8.56. The van der Waals surface area contributed by atoms with Crippen LogP contribution in [0.5, 0.6) is 5.88 Å². The number of unbranched alkanes of at least 4 members (excludes halogenated alkanes) is 1. The third-order valence-electron chi connectivity index (χ3n) is 6.54. The molecule has 202 valence electrons. The number of hydrogen-bond donors (Lipinski definition) is 0. The number of ketones is 1. The van der Waals surface area contributed by atoms with Gasteiger partial charge in [-0.2, -0.15) is 13.5 Å². The molecule has 0 unspecified atom stereocenters. The molecular formula is C28H33N3O6S. The van der Waals surface area contributed by atoms with Gasteiger partial charge in [0.25, 0.3) is 5.69 Å². The van der Waals surface area contributed by atoms with Crippen molar-refractivity contribution >= 4 is 27.2 Å². The first-order valence-corrected chi connectivity index (χ1v) is 13.8. The first-order chi connectivity index (χ1) is 17.8. The van der Waals surface area contributed by atoms with Crippen LogP contribution in [-0.2, 0) is 16.7 Å². The summed E-state index contributed by atoms with van der Waals surface area (Å²) in [5.41, 5.74) is 3.67. The van der Waals surface area contributed by atoms with E-state index >= 15 is 0 Å². The molecule has 0 aliphatic carbocycles. The molecule has 0 atom stereocenters. The normalized spacial score (nSPS) is 11.3. The van der Waals surface area contributed by atoms with Gasteiger partial charge in [0, 0.05) is 18.2 Å². The van der Waals surface area contributed by atoms with Crippen molar-refractivity contribution in [3.8, 4) is 5.88 Å². The predicted molar refractivity (Wildman–Crippen MR) is 146 cm³/mol. The molecule has 0 radical (unpaired) electrons. The monoisotopic (exact) mass is 539 g/mol. The van der Waals surface area contributed by atoms with E-state index in [1.165, 1.54) is 28.9 Å². The number of benzene rings is 2. The molecule has 10 heteroatoms. The molecule has 38 heavy (non-hydrogen) atoms. The third kappa shape index (κ3) is 5.70. The van der Waals surface area contributed by atoms with E-state index in [1.807, 2.05) is 27.7 Å². The minimum Gasteiger partial charge on any atom is -0.358 e. The molecule has 1 aromatic heterocycles. The fraction of sp³-hybridized carbons (Fsp3) is 0.357. The highest BCUT2D eigenvalue weighted by atomic mass is 32.2. The third-order valence-corrected chi connectivity index (χ3v) is 7.77. The van der Waals surface area contributed by atoms with Crippen molar-refractivity contribution in [3.05, 3.63) is 85.6 Å². The van der Waals surface area contributed by atoms with Crippen LogP contribution >= 0.6 is 0 Å². The molecule has 2 aromatic carbocycles. The summed E-state index contributed by atoms with van der Waals surface area (Å²) in [6.45, 7) is 12.9. The lowest BCUT2D eigenvalue weighted by molar-refractivity contribution is -0.385. The fourth-order valence-electron chi connectivity index (χ4n) is 4.18. The van der Waals surface area contributed by atoms with Gasteiger partial charge in [0.05, 0.1) is 16.2 Å². The van der Waals surface area contributed by atoms with Gasteiger partial charge in [-0.3, -0.25) is 14.9 Å². The second kappa shape index (κ2) is 11.3. The van der Waals surface area contributed by atoms with Crippen LogP contribution in [0.1, 0.15) is 78.8 Å². The van der Waals surface area contributed by atoms with Crippen LogP contribution in [0.15, 0.2) is 46.9 Å². The van der Waals surface area contributed by atoms with Crippen LogP contribution in [0.3, 0.4) is 0 Å². The predicted octanol–water partition coefficient (Wildman–Crippen LogP) is 6.33. The van der Waals surface area contributed by atoms with Crippen molar-refractivity contribution in [2.45, 2.75) is 72.7 Å². The molecule has 0 bridgehead atoms. The summed E-state index contributed by atoms with van der Waals surface area (Å²) >= 11 is 0. The molecular weight excluding hydrogens is 506 g/mol. The van der Waals surface area contributed by atoms with E-state index in [-0.39, 0.29) is 27.6 Å². The van der Waals surface area contributed by atoms with E-state index in [4.69, 9.17) is 4.18 Å². The van der Waals surface area contributed by atoms with Gasteiger partial charge in [-0.25, -0.2) is 4.68 Å². The zero-order valence-electron chi connectivity index (χ0n) is 22.8. The smallest absolute Gasteiger partial charge is 0.340 e. The second-order valence-corrected chi connectivity index (χ2v) is 11.1. The number of allylic oxidation sites excluding steroid dienone is 2. The van der Waals surface area contributed by atoms with E-state index in [9.17, 15) is 23.3 Å². The molecule has 0 spiro atoms. The molecule has 0 amide bonds. The molecule has 0 fully saturated rings. The number of aromatic nitrogens is 2. The number of hydrogen-bond acceptors (Lipinski definition) is 7. The molecule has 3 aromatic rings. The van der Waals surface area contributed by atoms with Gasteiger partial charge < -0.3 is 4.18 Å². The van der Waals surface area contributed by atoms with Crippen LogP contribution in [0.25, 0.3) is 5.57 Å². The summed E-state index contributed by atoms with van der Waals surface area (Å²) < 4.78 is 33.4. The van der Waals surface area contributed by atoms with E-state index in [2.05, 4.69) is 5.10 Å². The van der Waals surface area contributed by atoms with Crippen LogP contribution in [0, 0.1) is 30.9 Å². The molecule has 9 nitrogen and oxygen atoms in total. The molecule has 1 heterocycles. The second-order valence-electron chi connectivity index (χ2n) is 9.54. The molecule has 0 aliphatic heterocycles.